The maximum absolute atomic E-state index is 11.0. The maximum Gasteiger partial charge on any atom is 0.150 e. The van der Waals surface area contributed by atoms with Crippen LogP contribution in [0.25, 0.3) is 0 Å². The van der Waals surface area contributed by atoms with Crippen LogP contribution in [0.2, 0.25) is 0 Å². The van der Waals surface area contributed by atoms with Gasteiger partial charge in [0.15, 0.2) is 0 Å². The molecule has 0 atom stereocenters. The van der Waals surface area contributed by atoms with Crippen LogP contribution in [0.5, 0.6) is 0 Å². The quantitative estimate of drug-likeness (QED) is 0.531. The third kappa shape index (κ3) is 3.48. The second-order valence-electron chi connectivity index (χ2n) is 6.63. The number of hydrogen-bond acceptors (Lipinski definition) is 2. The van der Waals surface area contributed by atoms with Crippen LogP contribution >= 0.6 is 0 Å². The van der Waals surface area contributed by atoms with Crippen LogP contribution in [-0.4, -0.2) is 6.29 Å². The van der Waals surface area contributed by atoms with Gasteiger partial charge in [-0.2, -0.15) is 0 Å². The number of aldehydes is 1. The lowest BCUT2D eigenvalue weighted by Gasteiger charge is -2.29. The molecule has 3 aromatic carbocycles. The molecule has 126 valence electrons. The van der Waals surface area contributed by atoms with Gasteiger partial charge in [0, 0.05) is 16.9 Å². The van der Waals surface area contributed by atoms with Crippen LogP contribution in [0.3, 0.4) is 0 Å². The Morgan fingerprint density at radius 3 is 1.64 bits per heavy atom. The molecule has 25 heavy (non-hydrogen) atoms. The van der Waals surface area contributed by atoms with Gasteiger partial charge in [0.25, 0.3) is 0 Å². The molecule has 0 aliphatic rings. The van der Waals surface area contributed by atoms with Gasteiger partial charge >= 0.3 is 0 Å². The molecule has 3 rings (SSSR count). The molecule has 0 bridgehead atoms. The van der Waals surface area contributed by atoms with Crippen LogP contribution in [0, 0.1) is 27.7 Å². The highest BCUT2D eigenvalue weighted by Gasteiger charge is 2.17. The van der Waals surface area contributed by atoms with E-state index in [0.717, 1.165) is 17.7 Å². The van der Waals surface area contributed by atoms with Gasteiger partial charge in [-0.25, -0.2) is 0 Å². The summed E-state index contributed by atoms with van der Waals surface area (Å²) in [5.74, 6) is 0. The van der Waals surface area contributed by atoms with Crippen molar-refractivity contribution >= 4 is 23.3 Å². The summed E-state index contributed by atoms with van der Waals surface area (Å²) in [7, 11) is 0. The minimum atomic E-state index is 0.685. The van der Waals surface area contributed by atoms with Crippen molar-refractivity contribution in [2.24, 2.45) is 0 Å². The van der Waals surface area contributed by atoms with Crippen LogP contribution in [-0.2, 0) is 0 Å². The van der Waals surface area contributed by atoms with Crippen LogP contribution in [0.4, 0.5) is 17.1 Å². The molecule has 0 saturated heterocycles. The van der Waals surface area contributed by atoms with Gasteiger partial charge in [-0.15, -0.1) is 0 Å². The maximum atomic E-state index is 11.0. The van der Waals surface area contributed by atoms with Crippen molar-refractivity contribution in [3.63, 3.8) is 0 Å². The molecule has 0 N–H and O–H groups in total. The SMILES string of the molecule is Cc1ccc(N(c2ccc(C=O)cc2)c2c(C)cc(C)cc2C)cc1. The van der Waals surface area contributed by atoms with Gasteiger partial charge in [-0.3, -0.25) is 4.79 Å². The number of hydrogen-bond donors (Lipinski definition) is 0. The summed E-state index contributed by atoms with van der Waals surface area (Å²) in [6, 6.07) is 20.7. The number of carbonyl (C=O) groups is 1. The Labute approximate surface area is 149 Å². The Kier molecular flexibility index (Phi) is 4.71. The number of rotatable bonds is 4. The molecular weight excluding hydrogens is 306 g/mol. The first kappa shape index (κ1) is 17.0. The third-order valence-electron chi connectivity index (χ3n) is 4.44. The van der Waals surface area contributed by atoms with Crippen molar-refractivity contribution in [3.05, 3.63) is 88.5 Å². The predicted octanol–water partition coefficient (Wildman–Crippen LogP) is 6.20. The zero-order valence-corrected chi connectivity index (χ0v) is 15.2. The summed E-state index contributed by atoms with van der Waals surface area (Å²) in [5, 5.41) is 0. The van der Waals surface area contributed by atoms with E-state index in [-0.39, 0.29) is 0 Å². The molecule has 2 heteroatoms. The fourth-order valence-corrected chi connectivity index (χ4v) is 3.33. The van der Waals surface area contributed by atoms with Crippen molar-refractivity contribution in [3.8, 4) is 0 Å². The Morgan fingerprint density at radius 1 is 0.680 bits per heavy atom. The van der Waals surface area contributed by atoms with Gasteiger partial charge < -0.3 is 4.90 Å². The van der Waals surface area contributed by atoms with Gasteiger partial charge in [-0.1, -0.05) is 35.4 Å². The normalized spacial score (nSPS) is 10.6. The van der Waals surface area contributed by atoms with Crippen molar-refractivity contribution in [2.45, 2.75) is 27.7 Å². The molecule has 0 spiro atoms. The standard InChI is InChI=1S/C23H23NO/c1-16-5-9-21(10-6-16)24(22-11-7-20(15-25)8-12-22)23-18(3)13-17(2)14-19(23)4/h5-15H,1-4H3. The monoisotopic (exact) mass is 329 g/mol. The minimum Gasteiger partial charge on any atom is -0.310 e. The van der Waals surface area contributed by atoms with E-state index in [0.29, 0.717) is 5.56 Å². The smallest absolute Gasteiger partial charge is 0.150 e. The average molecular weight is 329 g/mol. The van der Waals surface area contributed by atoms with E-state index < -0.39 is 0 Å². The molecule has 0 fully saturated rings. The molecule has 0 heterocycles. The van der Waals surface area contributed by atoms with E-state index >= 15 is 0 Å². The molecular formula is C23H23NO. The molecule has 0 unspecified atom stereocenters. The van der Waals surface area contributed by atoms with E-state index in [2.05, 4.69) is 69.0 Å². The van der Waals surface area contributed by atoms with Crippen LogP contribution in [0.15, 0.2) is 60.7 Å². The minimum absolute atomic E-state index is 0.685. The van der Waals surface area contributed by atoms with Crippen molar-refractivity contribution < 1.29 is 4.79 Å². The fourth-order valence-electron chi connectivity index (χ4n) is 3.33. The summed E-state index contributed by atoms with van der Waals surface area (Å²) >= 11 is 0. The van der Waals surface area contributed by atoms with E-state index in [9.17, 15) is 4.79 Å². The lowest BCUT2D eigenvalue weighted by molar-refractivity contribution is 0.112. The average Bonchev–Trinajstić information content (AvgIpc) is 2.59. The van der Waals surface area contributed by atoms with Gasteiger partial charge in [0.2, 0.25) is 0 Å². The number of anilines is 3. The predicted molar refractivity (Wildman–Crippen MR) is 105 cm³/mol. The number of aryl methyl sites for hydroxylation is 4. The van der Waals surface area contributed by atoms with Crippen molar-refractivity contribution in [1.29, 1.82) is 0 Å². The lowest BCUT2D eigenvalue weighted by Crippen LogP contribution is -2.13. The second kappa shape index (κ2) is 6.94. The summed E-state index contributed by atoms with van der Waals surface area (Å²) in [6.07, 6.45) is 0.877. The first-order valence-electron chi connectivity index (χ1n) is 8.49. The zero-order chi connectivity index (χ0) is 18.0. The Morgan fingerprint density at radius 2 is 1.16 bits per heavy atom. The van der Waals surface area contributed by atoms with Crippen molar-refractivity contribution in [1.82, 2.24) is 0 Å². The topological polar surface area (TPSA) is 20.3 Å². The van der Waals surface area contributed by atoms with Gasteiger partial charge in [0.1, 0.15) is 6.29 Å². The van der Waals surface area contributed by atoms with Crippen molar-refractivity contribution in [2.75, 3.05) is 4.90 Å². The first-order chi connectivity index (χ1) is 12.0. The summed E-state index contributed by atoms with van der Waals surface area (Å²) in [5.41, 5.74) is 8.99. The Hall–Kier alpha value is -2.87. The molecule has 2 nitrogen and oxygen atoms in total. The van der Waals surface area contributed by atoms with E-state index in [1.807, 2.05) is 24.3 Å². The highest BCUT2D eigenvalue weighted by atomic mass is 16.1. The molecule has 0 aromatic heterocycles. The van der Waals surface area contributed by atoms with E-state index in [1.165, 1.54) is 27.9 Å². The molecule has 0 aliphatic carbocycles. The molecule has 0 radical (unpaired) electrons. The Bertz CT molecular complexity index is 869. The van der Waals surface area contributed by atoms with E-state index in [4.69, 9.17) is 0 Å². The summed E-state index contributed by atoms with van der Waals surface area (Å²) < 4.78 is 0. The lowest BCUT2D eigenvalue weighted by atomic mass is 10.0. The molecule has 3 aromatic rings. The second-order valence-corrected chi connectivity index (χ2v) is 6.63. The first-order valence-corrected chi connectivity index (χ1v) is 8.49. The molecule has 0 aliphatic heterocycles. The Balaban J connectivity index is 2.21. The highest BCUT2D eigenvalue weighted by molar-refractivity contribution is 5.82. The van der Waals surface area contributed by atoms with E-state index in [1.54, 1.807) is 0 Å². The zero-order valence-electron chi connectivity index (χ0n) is 15.2. The number of nitrogens with zero attached hydrogens (tertiary/aromatic N) is 1. The molecule has 0 amide bonds. The van der Waals surface area contributed by atoms with Gasteiger partial charge in [-0.05, 0) is 75.2 Å². The van der Waals surface area contributed by atoms with Crippen LogP contribution < -0.4 is 4.90 Å². The molecule has 0 saturated carbocycles. The largest absolute Gasteiger partial charge is 0.310 e. The highest BCUT2D eigenvalue weighted by Crippen LogP contribution is 2.39. The number of carbonyl (C=O) groups excluding carboxylic acids is 1. The van der Waals surface area contributed by atoms with Crippen LogP contribution in [0.1, 0.15) is 32.6 Å². The van der Waals surface area contributed by atoms with Gasteiger partial charge in [0.05, 0.1) is 5.69 Å². The fraction of sp³-hybridized carbons (Fsp3) is 0.174. The third-order valence-corrected chi connectivity index (χ3v) is 4.44. The summed E-state index contributed by atoms with van der Waals surface area (Å²) in [6.45, 7) is 8.51. The number of benzene rings is 3. The summed E-state index contributed by atoms with van der Waals surface area (Å²) in [4.78, 5) is 13.3.